The van der Waals surface area contributed by atoms with Gasteiger partial charge in [0.2, 0.25) is 5.78 Å². The molecule has 3 fully saturated rings. The molecule has 1 spiro atoms. The minimum Gasteiger partial charge on any atom is -0.463 e. The van der Waals surface area contributed by atoms with Crippen LogP contribution < -0.4 is 32.3 Å². The molecule has 12 heteroatoms. The van der Waals surface area contributed by atoms with Crippen molar-refractivity contribution in [3.05, 3.63) is 117 Å². The van der Waals surface area contributed by atoms with Crippen LogP contribution >= 0.6 is 0 Å². The topological polar surface area (TPSA) is 179 Å². The smallest absolute Gasteiger partial charge is 0.350 e. The van der Waals surface area contributed by atoms with Gasteiger partial charge >= 0.3 is 5.97 Å². The number of epoxide rings is 1. The number of rotatable bonds is 11. The van der Waals surface area contributed by atoms with E-state index in [2.05, 4.69) is 63.9 Å². The number of esters is 1. The zero-order chi connectivity index (χ0) is 49.8. The largest absolute Gasteiger partial charge is 0.463 e. The first kappa shape index (κ1) is 49.6. The number of aliphatic hydroxyl groups excluding tert-OH is 1. The Labute approximate surface area is 427 Å². The summed E-state index contributed by atoms with van der Waals surface area (Å²) in [5.41, 5.74) is 10.0. The predicted molar refractivity (Wildman–Crippen MR) is 280 cm³/mol. The third-order valence-electron chi connectivity index (χ3n) is 19.2. The number of dihydropyridines is 2. The Bertz CT molecular complexity index is 2550. The van der Waals surface area contributed by atoms with Crippen LogP contribution in [0, 0.1) is 40.9 Å². The monoisotopic (exact) mass is 981 g/mol. The minimum absolute atomic E-state index is 0.000389. The molecule has 1 aromatic rings. The second-order valence-corrected chi connectivity index (χ2v) is 23.9. The number of Topliss-reactive ketones (excluding diaryl/α,β-unsaturated/α-hetero) is 2. The van der Waals surface area contributed by atoms with Crippen LogP contribution in [0.15, 0.2) is 100 Å². The van der Waals surface area contributed by atoms with E-state index in [0.717, 1.165) is 99.8 Å². The highest BCUT2D eigenvalue weighted by Crippen LogP contribution is 2.61. The van der Waals surface area contributed by atoms with Crippen molar-refractivity contribution in [2.75, 3.05) is 33.4 Å². The Kier molecular flexibility index (Phi) is 14.0. The van der Waals surface area contributed by atoms with Crippen LogP contribution in [0.3, 0.4) is 0 Å². The quantitative estimate of drug-likeness (QED) is 0.0492. The summed E-state index contributed by atoms with van der Waals surface area (Å²) in [6.07, 6.45) is 32.8. The summed E-state index contributed by atoms with van der Waals surface area (Å²) in [5.74, 6) is 1.56. The molecule has 4 bridgehead atoms. The molecule has 11 unspecified atom stereocenters. The summed E-state index contributed by atoms with van der Waals surface area (Å²) in [4.78, 5) is 46.7. The molecule has 8 N–H and O–H groups in total. The summed E-state index contributed by atoms with van der Waals surface area (Å²) in [6.45, 7) is 5.79. The number of nitrogens with two attached hydrogens (primary N) is 1. The highest BCUT2D eigenvalue weighted by molar-refractivity contribution is 6.33. The average Bonchev–Trinajstić information content (AvgIpc) is 4.10. The first-order chi connectivity index (χ1) is 34.9. The first-order valence-electron chi connectivity index (χ1n) is 27.9. The van der Waals surface area contributed by atoms with E-state index in [4.69, 9.17) is 15.2 Å². The molecule has 10 aliphatic rings. The second kappa shape index (κ2) is 20.3. The predicted octanol–water partition coefficient (Wildman–Crippen LogP) is 8.03. The molecular formula is C60H80N6O6. The molecule has 11 atom stereocenters. The number of fused-ring (bicyclic) bond motifs is 1. The SMILES string of the molecule is CNC1CC2CCC(CC(C)=C(CO)CC34OC35C(=O)OCC3CC6C(=CC3NCC3CCCCC3)C=CCC6CCCCC(C)(CC3=CNC(N)C=C3)Cc3cccc(c3C5=O)C4=O)C3=CCNC(=C32)N1. The lowest BCUT2D eigenvalue weighted by atomic mass is 9.67. The standard InChI is InChI=1S/C60H80N6O6/c1-36(25-41-19-20-42-28-51(62-3)66-56-53(42)46(41)22-24-63-56)45(34-67)31-59-54(68)47-17-10-16-43-30-58(2,29-38-18-21-50(61)65-33-38)23-8-7-13-39-14-9-15-40-27-49(64-32-37-11-5-4-6-12-37)44(26-48(39)40)35-71-57(70)60(59,72-59)55(69)52(43)47/h9-10,15-18,21-22,27,33,37,39,41-42,44,48-51,62-67H,4-8,11-14,19-20,23-26,28-32,34-35,61H2,1-3H3. The zero-order valence-electron chi connectivity index (χ0n) is 43.1. The highest BCUT2D eigenvalue weighted by Gasteiger charge is 2.86. The number of allylic oxidation sites excluding steroid dienone is 8. The van der Waals surface area contributed by atoms with E-state index >= 15 is 14.4 Å². The summed E-state index contributed by atoms with van der Waals surface area (Å²) >= 11 is 0. The number of hydrogen-bond donors (Lipinski definition) is 7. The maximum absolute atomic E-state index is 15.8. The van der Waals surface area contributed by atoms with Crippen molar-refractivity contribution in [3.8, 4) is 0 Å². The van der Waals surface area contributed by atoms with Gasteiger partial charge in [0, 0.05) is 42.3 Å². The van der Waals surface area contributed by atoms with Gasteiger partial charge in [-0.05, 0) is 172 Å². The lowest BCUT2D eigenvalue weighted by Crippen LogP contribution is -2.52. The number of ketones is 2. The van der Waals surface area contributed by atoms with Crippen LogP contribution in [0.1, 0.15) is 149 Å². The number of carbonyl (C=O) groups excluding carboxylic acids is 3. The van der Waals surface area contributed by atoms with Crippen molar-refractivity contribution in [3.63, 3.8) is 0 Å². The van der Waals surface area contributed by atoms with Crippen molar-refractivity contribution in [1.82, 2.24) is 26.6 Å². The van der Waals surface area contributed by atoms with E-state index in [1.165, 1.54) is 48.8 Å². The summed E-state index contributed by atoms with van der Waals surface area (Å²) < 4.78 is 13.2. The summed E-state index contributed by atoms with van der Waals surface area (Å²) in [6, 6.07) is 5.58. The fourth-order valence-corrected chi connectivity index (χ4v) is 15.1. The molecule has 5 aliphatic heterocycles. The second-order valence-electron chi connectivity index (χ2n) is 23.9. The molecule has 386 valence electrons. The van der Waals surface area contributed by atoms with Crippen molar-refractivity contribution >= 4 is 17.5 Å². The van der Waals surface area contributed by atoms with Gasteiger partial charge in [-0.15, -0.1) is 0 Å². The number of aliphatic hydroxyl groups is 1. The van der Waals surface area contributed by atoms with Crippen LogP contribution in [-0.2, 0) is 20.7 Å². The maximum Gasteiger partial charge on any atom is 0.350 e. The molecule has 0 radical (unpaired) electrons. The van der Waals surface area contributed by atoms with Gasteiger partial charge in [0.1, 0.15) is 5.82 Å². The normalized spacial score (nSPS) is 36.7. The Balaban J connectivity index is 0.946. The van der Waals surface area contributed by atoms with Crippen molar-refractivity contribution in [1.29, 1.82) is 0 Å². The lowest BCUT2D eigenvalue weighted by molar-refractivity contribution is -0.150. The Morgan fingerprint density at radius 3 is 2.64 bits per heavy atom. The molecule has 2 saturated carbocycles. The van der Waals surface area contributed by atoms with Gasteiger partial charge in [0.05, 0.1) is 25.5 Å². The van der Waals surface area contributed by atoms with Gasteiger partial charge < -0.3 is 46.9 Å². The zero-order valence-corrected chi connectivity index (χ0v) is 43.1. The third-order valence-corrected chi connectivity index (χ3v) is 19.2. The molecular weight excluding hydrogens is 901 g/mol. The van der Waals surface area contributed by atoms with Gasteiger partial charge in [-0.2, -0.15) is 0 Å². The number of nitrogens with one attached hydrogen (secondary N) is 5. The number of cyclic esters (lactones) is 1. The highest BCUT2D eigenvalue weighted by atomic mass is 16.7. The lowest BCUT2D eigenvalue weighted by Gasteiger charge is -2.44. The minimum atomic E-state index is -2.17. The Hall–Kier alpha value is -4.59. The van der Waals surface area contributed by atoms with Crippen molar-refractivity contribution in [2.45, 2.75) is 159 Å². The van der Waals surface area contributed by atoms with E-state index in [9.17, 15) is 5.11 Å². The molecule has 5 aliphatic carbocycles. The molecule has 0 aromatic heterocycles. The van der Waals surface area contributed by atoms with Gasteiger partial charge in [-0.3, -0.25) is 9.59 Å². The maximum atomic E-state index is 15.8. The van der Waals surface area contributed by atoms with Crippen LogP contribution in [0.25, 0.3) is 0 Å². The number of ether oxygens (including phenoxy) is 2. The van der Waals surface area contributed by atoms with E-state index in [1.54, 1.807) is 6.07 Å². The van der Waals surface area contributed by atoms with Gasteiger partial charge in [-0.25, -0.2) is 4.79 Å². The number of carbonyl (C=O) groups is 3. The van der Waals surface area contributed by atoms with Gasteiger partial charge in [0.15, 0.2) is 11.4 Å². The number of benzene rings is 1. The van der Waals surface area contributed by atoms with Crippen LogP contribution in [0.4, 0.5) is 0 Å². The molecule has 11 rings (SSSR count). The van der Waals surface area contributed by atoms with Crippen LogP contribution in [0.5, 0.6) is 0 Å². The van der Waals surface area contributed by atoms with Gasteiger partial charge in [-0.1, -0.05) is 93.2 Å². The first-order valence-corrected chi connectivity index (χ1v) is 27.9. The van der Waals surface area contributed by atoms with Crippen molar-refractivity contribution < 1.29 is 29.0 Å². The fraction of sp³-hybridized carbons (Fsp3) is 0.617. The third kappa shape index (κ3) is 9.13. The van der Waals surface area contributed by atoms with Crippen molar-refractivity contribution in [2.24, 2.45) is 46.7 Å². The van der Waals surface area contributed by atoms with Crippen LogP contribution in [0.2, 0.25) is 0 Å². The van der Waals surface area contributed by atoms with E-state index < -0.39 is 23.0 Å². The molecule has 1 aromatic carbocycles. The summed E-state index contributed by atoms with van der Waals surface area (Å²) in [5, 5.41) is 29.2. The molecule has 72 heavy (non-hydrogen) atoms. The summed E-state index contributed by atoms with van der Waals surface area (Å²) in [7, 11) is 2.00. The fourth-order valence-electron chi connectivity index (χ4n) is 15.1. The molecule has 1 saturated heterocycles. The van der Waals surface area contributed by atoms with Gasteiger partial charge in [0.25, 0.3) is 5.60 Å². The molecule has 12 nitrogen and oxygen atoms in total. The Morgan fingerprint density at radius 2 is 1.83 bits per heavy atom. The molecule has 0 amide bonds. The van der Waals surface area contributed by atoms with E-state index in [0.29, 0.717) is 42.1 Å². The number of hydrogen-bond acceptors (Lipinski definition) is 12. The van der Waals surface area contributed by atoms with E-state index in [1.807, 2.05) is 38.4 Å². The Morgan fingerprint density at radius 1 is 0.986 bits per heavy atom. The molecule has 5 heterocycles. The average molecular weight is 981 g/mol. The van der Waals surface area contributed by atoms with E-state index in [-0.39, 0.29) is 72.2 Å². The van der Waals surface area contributed by atoms with Crippen LogP contribution in [-0.4, -0.2) is 85.6 Å².